The van der Waals surface area contributed by atoms with Gasteiger partial charge in [0.05, 0.1) is 26.3 Å². The van der Waals surface area contributed by atoms with E-state index in [2.05, 4.69) is 40.1 Å². The van der Waals surface area contributed by atoms with Crippen molar-refractivity contribution in [2.24, 2.45) is 0 Å². The molecule has 0 unspecified atom stereocenters. The molecule has 0 bridgehead atoms. The van der Waals surface area contributed by atoms with Crippen LogP contribution in [-0.4, -0.2) is 24.6 Å². The summed E-state index contributed by atoms with van der Waals surface area (Å²) in [6.07, 6.45) is 52.8. The summed E-state index contributed by atoms with van der Waals surface area (Å²) in [6, 6.07) is 0. The minimum Gasteiger partial charge on any atom is -1.00 e. The van der Waals surface area contributed by atoms with Gasteiger partial charge >= 0.3 is 0 Å². The summed E-state index contributed by atoms with van der Waals surface area (Å²) in [4.78, 5) is 0. The third-order valence-electron chi connectivity index (χ3n) is 9.75. The second-order valence-corrected chi connectivity index (χ2v) is 14.3. The third kappa shape index (κ3) is 36.3. The zero-order valence-corrected chi connectivity index (χ0v) is 31.5. The maximum atomic E-state index is 2.52. The van der Waals surface area contributed by atoms with Crippen LogP contribution < -0.4 is 12.4 Å². The predicted octanol–water partition coefficient (Wildman–Crippen LogP) is 11.9. The van der Waals surface area contributed by atoms with Crippen LogP contribution in [0.1, 0.15) is 233 Å². The quantitative estimate of drug-likeness (QED) is 0.0480. The van der Waals surface area contributed by atoms with Crippen molar-refractivity contribution in [1.29, 1.82) is 0 Å². The molecule has 0 aromatic rings. The topological polar surface area (TPSA) is 0 Å². The molecule has 0 amide bonds. The maximum Gasteiger partial charge on any atom is 0.0915 e. The van der Waals surface area contributed by atoms with Crippen LogP contribution in [0.25, 0.3) is 0 Å². The van der Waals surface area contributed by atoms with Crippen LogP contribution in [0.2, 0.25) is 0 Å². The molecule has 0 saturated heterocycles. The highest BCUT2D eigenvalue weighted by atomic mass is 35.5. The van der Waals surface area contributed by atoms with Gasteiger partial charge in [-0.15, -0.1) is 0 Å². The van der Waals surface area contributed by atoms with Crippen LogP contribution >= 0.6 is 0 Å². The summed E-state index contributed by atoms with van der Waals surface area (Å²) in [5.41, 5.74) is 0. The van der Waals surface area contributed by atoms with E-state index in [4.69, 9.17) is 0 Å². The summed E-state index contributed by atoms with van der Waals surface area (Å²) in [7, 11) is 2.49. The van der Waals surface area contributed by atoms with Crippen LogP contribution in [0.5, 0.6) is 0 Å². The summed E-state index contributed by atoms with van der Waals surface area (Å²) in [5, 5.41) is 0. The predicted molar refractivity (Wildman–Crippen MR) is 194 cm³/mol. The molecule has 0 aliphatic heterocycles. The molecule has 0 aliphatic rings. The van der Waals surface area contributed by atoms with Crippen molar-refractivity contribution < 1.29 is 16.9 Å². The van der Waals surface area contributed by atoms with E-state index in [-0.39, 0.29) is 12.4 Å². The zero-order valence-electron chi connectivity index (χ0n) is 30.7. The van der Waals surface area contributed by atoms with Gasteiger partial charge in [-0.05, 0) is 38.2 Å². The van der Waals surface area contributed by atoms with Crippen LogP contribution in [-0.2, 0) is 0 Å². The van der Waals surface area contributed by atoms with Crippen LogP contribution in [0.15, 0.2) is 12.3 Å². The molecule has 0 heterocycles. The number of halogens is 1. The lowest BCUT2D eigenvalue weighted by Crippen LogP contribution is -3.00. The van der Waals surface area contributed by atoms with E-state index in [1.54, 1.807) is 0 Å². The first-order chi connectivity index (χ1) is 20.7. The van der Waals surface area contributed by atoms with E-state index in [0.29, 0.717) is 0 Å². The Morgan fingerprint density at radius 2 is 0.535 bits per heavy atom. The highest BCUT2D eigenvalue weighted by Gasteiger charge is 2.17. The molecule has 0 atom stereocenters. The smallest absolute Gasteiger partial charge is 0.0915 e. The Morgan fingerprint density at radius 1 is 0.326 bits per heavy atom. The number of hydrogen-bond donors (Lipinski definition) is 0. The molecule has 43 heavy (non-hydrogen) atoms. The van der Waals surface area contributed by atoms with E-state index in [1.807, 2.05) is 0 Å². The Morgan fingerprint density at radius 3 is 0.744 bits per heavy atom. The van der Waals surface area contributed by atoms with Gasteiger partial charge in [0.2, 0.25) is 0 Å². The molecule has 0 saturated carbocycles. The number of unbranched alkanes of at least 4 members (excludes halogenated alkanes) is 30. The lowest BCUT2D eigenvalue weighted by Gasteiger charge is -2.30. The van der Waals surface area contributed by atoms with Gasteiger partial charge in [0.15, 0.2) is 0 Å². The molecule has 0 radical (unpaired) electrons. The molecule has 2 heteroatoms. The van der Waals surface area contributed by atoms with Gasteiger partial charge in [-0.2, -0.15) is 0 Å². The summed E-state index contributed by atoms with van der Waals surface area (Å²) >= 11 is 0. The van der Waals surface area contributed by atoms with Crippen molar-refractivity contribution in [3.8, 4) is 0 Å². The third-order valence-corrected chi connectivity index (χ3v) is 9.75. The highest BCUT2D eigenvalue weighted by Crippen LogP contribution is 2.17. The minimum atomic E-state index is 0. The van der Waals surface area contributed by atoms with E-state index < -0.39 is 0 Å². The molecular weight excluding hydrogens is 542 g/mol. The molecular formula is C41H84ClN. The Kier molecular flexibility index (Phi) is 40.0. The van der Waals surface area contributed by atoms with Crippen molar-refractivity contribution in [1.82, 2.24) is 0 Å². The molecule has 0 aliphatic carbocycles. The van der Waals surface area contributed by atoms with Crippen molar-refractivity contribution in [3.05, 3.63) is 12.3 Å². The standard InChI is InChI=1S/C41H84N.ClH/c1-5-8-11-13-15-17-19-21-23-25-27-29-31-33-35-37-40-42(4,39-10-7-3)41-38-36-34-32-30-28-26-24-22-20-18-16-14-12-9-6-2;/h10,39H,5-9,11-38,40-41H2,1-4H3;1H/q+1;/p-1. The van der Waals surface area contributed by atoms with E-state index in [1.165, 1.54) is 229 Å². The Balaban J connectivity index is 0. The van der Waals surface area contributed by atoms with E-state index in [0.717, 1.165) is 0 Å². The second-order valence-electron chi connectivity index (χ2n) is 14.3. The summed E-state index contributed by atoms with van der Waals surface area (Å²) in [5.74, 6) is 0. The van der Waals surface area contributed by atoms with Gasteiger partial charge < -0.3 is 12.4 Å². The van der Waals surface area contributed by atoms with Crippen LogP contribution in [0.3, 0.4) is 0 Å². The first-order valence-corrected chi connectivity index (χ1v) is 20.2. The van der Waals surface area contributed by atoms with E-state index in [9.17, 15) is 0 Å². The molecule has 0 fully saturated rings. The number of rotatable bonds is 36. The number of allylic oxidation sites excluding steroid dienone is 1. The van der Waals surface area contributed by atoms with Crippen LogP contribution in [0, 0.1) is 0 Å². The van der Waals surface area contributed by atoms with Gasteiger partial charge in [0, 0.05) is 0 Å². The Hall–Kier alpha value is -0.0100. The lowest BCUT2D eigenvalue weighted by molar-refractivity contribution is -0.860. The monoisotopic (exact) mass is 626 g/mol. The second kappa shape index (κ2) is 38.2. The Labute approximate surface area is 281 Å². The zero-order chi connectivity index (χ0) is 30.7. The molecule has 0 N–H and O–H groups in total. The van der Waals surface area contributed by atoms with Crippen molar-refractivity contribution in [3.63, 3.8) is 0 Å². The molecule has 0 spiro atoms. The van der Waals surface area contributed by atoms with Gasteiger partial charge in [-0.3, -0.25) is 4.48 Å². The first-order valence-electron chi connectivity index (χ1n) is 20.2. The number of quaternary nitrogens is 1. The fourth-order valence-electron chi connectivity index (χ4n) is 6.66. The van der Waals surface area contributed by atoms with Crippen molar-refractivity contribution in [2.75, 3.05) is 20.1 Å². The van der Waals surface area contributed by atoms with Gasteiger partial charge in [0.25, 0.3) is 0 Å². The van der Waals surface area contributed by atoms with Crippen LogP contribution in [0.4, 0.5) is 0 Å². The Bertz CT molecular complexity index is 480. The first kappa shape index (κ1) is 45.1. The normalized spacial score (nSPS) is 11.9. The summed E-state index contributed by atoms with van der Waals surface area (Å²) in [6.45, 7) is 9.58. The molecule has 0 rings (SSSR count). The molecule has 260 valence electrons. The minimum absolute atomic E-state index is 0. The fraction of sp³-hybridized carbons (Fsp3) is 0.951. The van der Waals surface area contributed by atoms with Gasteiger partial charge in [0.1, 0.15) is 0 Å². The largest absolute Gasteiger partial charge is 1.00 e. The highest BCUT2D eigenvalue weighted by molar-refractivity contribution is 4.72. The summed E-state index contributed by atoms with van der Waals surface area (Å²) < 4.78 is 1.17. The van der Waals surface area contributed by atoms with Crippen molar-refractivity contribution >= 4 is 0 Å². The van der Waals surface area contributed by atoms with E-state index >= 15 is 0 Å². The molecule has 0 aromatic heterocycles. The number of hydrogen-bond acceptors (Lipinski definition) is 0. The van der Waals surface area contributed by atoms with Crippen molar-refractivity contribution in [2.45, 2.75) is 233 Å². The van der Waals surface area contributed by atoms with Gasteiger partial charge in [-0.25, -0.2) is 0 Å². The molecule has 1 nitrogen and oxygen atoms in total. The average Bonchev–Trinajstić information content (AvgIpc) is 2.99. The molecule has 0 aromatic carbocycles. The average molecular weight is 627 g/mol. The SMILES string of the molecule is CCC=C[N+](C)(CCCCCCCCCCCCCCCCCC)CCCCCCCCCCCCCCCCCC.[Cl-]. The number of nitrogens with zero attached hydrogens (tertiary/aromatic N) is 1. The maximum absolute atomic E-state index is 2.52. The fourth-order valence-corrected chi connectivity index (χ4v) is 6.66. The lowest BCUT2D eigenvalue weighted by atomic mass is 10.0. The van der Waals surface area contributed by atoms with Gasteiger partial charge in [-0.1, -0.05) is 201 Å².